The van der Waals surface area contributed by atoms with E-state index in [0.29, 0.717) is 11.5 Å². The van der Waals surface area contributed by atoms with Crippen LogP contribution in [0, 0.1) is 6.92 Å². The molecule has 128 valence electrons. The van der Waals surface area contributed by atoms with Gasteiger partial charge in [-0.15, -0.1) is 0 Å². The fourth-order valence-corrected chi connectivity index (χ4v) is 3.39. The minimum atomic E-state index is -0.313. The van der Waals surface area contributed by atoms with E-state index in [2.05, 4.69) is 0 Å². The first kappa shape index (κ1) is 16.6. The van der Waals surface area contributed by atoms with E-state index in [4.69, 9.17) is 9.15 Å². The van der Waals surface area contributed by atoms with Crippen molar-refractivity contribution < 1.29 is 18.7 Å². The number of fused-ring (bicyclic) bond motifs is 1. The Morgan fingerprint density at radius 1 is 1.33 bits per heavy atom. The maximum absolute atomic E-state index is 12.8. The van der Waals surface area contributed by atoms with Crippen LogP contribution in [0.2, 0.25) is 0 Å². The second-order valence-corrected chi connectivity index (χ2v) is 6.59. The van der Waals surface area contributed by atoms with Gasteiger partial charge in [0.2, 0.25) is 5.78 Å². The summed E-state index contributed by atoms with van der Waals surface area (Å²) in [6.07, 6.45) is 3.98. The van der Waals surface area contributed by atoms with E-state index in [1.165, 1.54) is 6.26 Å². The Morgan fingerprint density at radius 2 is 2.12 bits per heavy atom. The second-order valence-electron chi connectivity index (χ2n) is 6.59. The highest BCUT2D eigenvalue weighted by Crippen LogP contribution is 2.33. The molecule has 5 heteroatoms. The fraction of sp³-hybridized carbons (Fsp3) is 0.474. The first-order chi connectivity index (χ1) is 11.5. The smallest absolute Gasteiger partial charge is 0.315 e. The van der Waals surface area contributed by atoms with Crippen LogP contribution in [0.1, 0.15) is 66.5 Å². The molecule has 1 unspecified atom stereocenters. The highest BCUT2D eigenvalue weighted by atomic mass is 16.5. The van der Waals surface area contributed by atoms with Gasteiger partial charge >= 0.3 is 5.97 Å². The quantitative estimate of drug-likeness (QED) is 0.631. The lowest BCUT2D eigenvalue weighted by Crippen LogP contribution is -2.21. The van der Waals surface area contributed by atoms with Crippen LogP contribution in [0.4, 0.5) is 0 Å². The van der Waals surface area contributed by atoms with Crippen LogP contribution in [0.3, 0.4) is 0 Å². The highest BCUT2D eigenvalue weighted by molar-refractivity contribution is 6.07. The minimum absolute atomic E-state index is 0.137. The zero-order chi connectivity index (χ0) is 17.3. The Bertz CT molecular complexity index is 740. The molecule has 2 aromatic rings. The lowest BCUT2D eigenvalue weighted by Gasteiger charge is -2.17. The number of hydrogen-bond acceptors (Lipinski definition) is 4. The molecule has 0 N–H and O–H groups in total. The molecule has 0 aliphatic carbocycles. The van der Waals surface area contributed by atoms with Crippen molar-refractivity contribution in [3.63, 3.8) is 0 Å². The largest absolute Gasteiger partial charge is 0.462 e. The lowest BCUT2D eigenvalue weighted by atomic mass is 9.99. The van der Waals surface area contributed by atoms with E-state index in [-0.39, 0.29) is 23.8 Å². The maximum atomic E-state index is 12.8. The average molecular weight is 329 g/mol. The van der Waals surface area contributed by atoms with Crippen molar-refractivity contribution in [2.45, 2.75) is 58.6 Å². The number of carbonyl (C=O) groups excluding carboxylic acids is 2. The van der Waals surface area contributed by atoms with Crippen molar-refractivity contribution in [1.82, 2.24) is 4.57 Å². The molecule has 24 heavy (non-hydrogen) atoms. The zero-order valence-corrected chi connectivity index (χ0v) is 14.4. The van der Waals surface area contributed by atoms with Crippen LogP contribution >= 0.6 is 0 Å². The first-order valence-electron chi connectivity index (χ1n) is 8.47. The van der Waals surface area contributed by atoms with E-state index >= 15 is 0 Å². The Labute approximate surface area is 141 Å². The van der Waals surface area contributed by atoms with Crippen molar-refractivity contribution in [1.29, 1.82) is 0 Å². The standard InChI is InChI=1S/C19H23NO4/c1-12(2)24-19(22)14-7-4-5-9-20-15(14)11-13(3)17(20)18(21)16-8-6-10-23-16/h6,8,10-12,14H,4-5,7,9H2,1-3H3. The Hall–Kier alpha value is -2.30. The predicted molar refractivity (Wildman–Crippen MR) is 89.1 cm³/mol. The van der Waals surface area contributed by atoms with Crippen LogP contribution in [-0.2, 0) is 16.1 Å². The summed E-state index contributed by atoms with van der Waals surface area (Å²) in [4.78, 5) is 25.3. The van der Waals surface area contributed by atoms with Gasteiger partial charge in [0.1, 0.15) is 0 Å². The van der Waals surface area contributed by atoms with Gasteiger partial charge in [0.15, 0.2) is 5.76 Å². The number of furan rings is 1. The Morgan fingerprint density at radius 3 is 2.79 bits per heavy atom. The second kappa shape index (κ2) is 6.67. The van der Waals surface area contributed by atoms with Gasteiger partial charge in [-0.25, -0.2) is 0 Å². The molecule has 1 atom stereocenters. The summed E-state index contributed by atoms with van der Waals surface area (Å²) in [6.45, 7) is 6.34. The molecule has 0 saturated heterocycles. The third-order valence-electron chi connectivity index (χ3n) is 4.40. The van der Waals surface area contributed by atoms with Crippen LogP contribution < -0.4 is 0 Å². The summed E-state index contributed by atoms with van der Waals surface area (Å²) >= 11 is 0. The topological polar surface area (TPSA) is 61.4 Å². The van der Waals surface area contributed by atoms with Crippen LogP contribution in [-0.4, -0.2) is 22.4 Å². The predicted octanol–water partition coefficient (Wildman–Crippen LogP) is 3.84. The minimum Gasteiger partial charge on any atom is -0.462 e. The third kappa shape index (κ3) is 3.03. The van der Waals surface area contributed by atoms with Crippen molar-refractivity contribution in [2.24, 2.45) is 0 Å². The number of carbonyl (C=O) groups is 2. The molecule has 0 amide bonds. The summed E-state index contributed by atoms with van der Waals surface area (Å²) in [5, 5.41) is 0. The van der Waals surface area contributed by atoms with Gasteiger partial charge < -0.3 is 13.7 Å². The molecule has 3 heterocycles. The van der Waals surface area contributed by atoms with Gasteiger partial charge in [-0.1, -0.05) is 6.42 Å². The van der Waals surface area contributed by atoms with Crippen molar-refractivity contribution in [3.05, 3.63) is 47.2 Å². The van der Waals surface area contributed by atoms with Gasteiger partial charge in [-0.2, -0.15) is 0 Å². The molecular weight excluding hydrogens is 306 g/mol. The van der Waals surface area contributed by atoms with E-state index in [1.807, 2.05) is 31.4 Å². The van der Waals surface area contributed by atoms with E-state index in [0.717, 1.165) is 37.1 Å². The zero-order valence-electron chi connectivity index (χ0n) is 14.4. The van der Waals surface area contributed by atoms with Gasteiger partial charge in [0, 0.05) is 12.2 Å². The van der Waals surface area contributed by atoms with E-state index in [9.17, 15) is 9.59 Å². The Kier molecular flexibility index (Phi) is 4.60. The lowest BCUT2D eigenvalue weighted by molar-refractivity contribution is -0.149. The summed E-state index contributed by atoms with van der Waals surface area (Å²) in [5.74, 6) is -0.333. The number of nitrogens with zero attached hydrogens (tertiary/aromatic N) is 1. The summed E-state index contributed by atoms with van der Waals surface area (Å²) < 4.78 is 12.7. The molecule has 2 aromatic heterocycles. The summed E-state index contributed by atoms with van der Waals surface area (Å²) in [5.41, 5.74) is 2.37. The maximum Gasteiger partial charge on any atom is 0.315 e. The van der Waals surface area contributed by atoms with Gasteiger partial charge in [-0.3, -0.25) is 9.59 Å². The molecule has 1 aliphatic rings. The van der Waals surface area contributed by atoms with Crippen molar-refractivity contribution >= 4 is 11.8 Å². The van der Waals surface area contributed by atoms with Crippen LogP contribution in [0.25, 0.3) is 0 Å². The fourth-order valence-electron chi connectivity index (χ4n) is 3.39. The van der Waals surface area contributed by atoms with Gasteiger partial charge in [-0.05, 0) is 57.4 Å². The molecule has 0 fully saturated rings. The Balaban J connectivity index is 2.02. The third-order valence-corrected chi connectivity index (χ3v) is 4.40. The SMILES string of the molecule is Cc1cc2n(c1C(=O)c1ccco1)CCCCC2C(=O)OC(C)C. The number of hydrogen-bond donors (Lipinski definition) is 0. The molecule has 0 spiro atoms. The number of aryl methyl sites for hydroxylation is 1. The monoisotopic (exact) mass is 329 g/mol. The van der Waals surface area contributed by atoms with Gasteiger partial charge in [0.05, 0.1) is 24.0 Å². The number of esters is 1. The molecule has 0 bridgehead atoms. The average Bonchev–Trinajstić information content (AvgIpc) is 3.10. The molecule has 0 aromatic carbocycles. The highest BCUT2D eigenvalue weighted by Gasteiger charge is 2.32. The summed E-state index contributed by atoms with van der Waals surface area (Å²) in [6, 6.07) is 5.33. The molecule has 0 radical (unpaired) electrons. The molecule has 0 saturated carbocycles. The van der Waals surface area contributed by atoms with Crippen molar-refractivity contribution in [2.75, 3.05) is 0 Å². The number of ketones is 1. The van der Waals surface area contributed by atoms with E-state index < -0.39 is 0 Å². The van der Waals surface area contributed by atoms with Crippen LogP contribution in [0.5, 0.6) is 0 Å². The van der Waals surface area contributed by atoms with Gasteiger partial charge in [0.25, 0.3) is 0 Å². The number of rotatable bonds is 4. The first-order valence-corrected chi connectivity index (χ1v) is 8.47. The molecule has 1 aliphatic heterocycles. The molecule has 3 rings (SSSR count). The van der Waals surface area contributed by atoms with Crippen molar-refractivity contribution in [3.8, 4) is 0 Å². The number of aromatic nitrogens is 1. The van der Waals surface area contributed by atoms with Crippen LogP contribution in [0.15, 0.2) is 28.9 Å². The van der Waals surface area contributed by atoms with E-state index in [1.54, 1.807) is 12.1 Å². The number of ether oxygens (including phenoxy) is 1. The normalized spacial score (nSPS) is 17.4. The molecular formula is C19H23NO4. The molecule has 5 nitrogen and oxygen atoms in total. The summed E-state index contributed by atoms with van der Waals surface area (Å²) in [7, 11) is 0.